The Morgan fingerprint density at radius 3 is 1.64 bits per heavy atom. The molecule has 0 unspecified atom stereocenters. The largest absolute Gasteiger partial charge is 0.309 e. The van der Waals surface area contributed by atoms with Gasteiger partial charge in [-0.25, -0.2) is 0 Å². The number of aryl methyl sites for hydroxylation is 1. The molecule has 22 heavy (non-hydrogen) atoms. The van der Waals surface area contributed by atoms with Gasteiger partial charge in [0, 0.05) is 13.2 Å². The number of hydrogen-bond acceptors (Lipinski definition) is 1. The van der Waals surface area contributed by atoms with Gasteiger partial charge in [-0.2, -0.15) is 0 Å². The zero-order valence-electron chi connectivity index (χ0n) is 12.7. The fourth-order valence-electron chi connectivity index (χ4n) is 2.74. The minimum absolute atomic E-state index is 0.785. The fraction of sp³-hybridized carbons (Fsp3) is 0.100. The Bertz CT molecular complexity index is 751. The lowest BCUT2D eigenvalue weighted by molar-refractivity contribution is 1.28. The number of rotatable bonds is 4. The zero-order valence-corrected chi connectivity index (χ0v) is 13.6. The summed E-state index contributed by atoms with van der Waals surface area (Å²) in [5.74, 6) is 0. The van der Waals surface area contributed by atoms with E-state index in [2.05, 4.69) is 55.5 Å². The molecule has 0 fully saturated rings. The second-order valence-corrected chi connectivity index (χ2v) is 8.53. The molecule has 1 nitrogen and oxygen atoms in total. The Kier molecular flexibility index (Phi) is 4.27. The van der Waals surface area contributed by atoms with Crippen LogP contribution in [0.5, 0.6) is 0 Å². The molecular formula is C20H20NP. The molecule has 0 saturated heterocycles. The minimum atomic E-state index is -2.17. The third-order valence-electron chi connectivity index (χ3n) is 4.06. The Hall–Kier alpha value is -2.11. The van der Waals surface area contributed by atoms with Crippen LogP contribution in [-0.2, 0) is 6.16 Å². The van der Waals surface area contributed by atoms with E-state index in [0.29, 0.717) is 0 Å². The van der Waals surface area contributed by atoms with E-state index in [1.54, 1.807) is 0 Å². The molecule has 3 aromatic rings. The van der Waals surface area contributed by atoms with Gasteiger partial charge in [-0.15, -0.1) is 0 Å². The first-order valence-electron chi connectivity index (χ1n) is 7.49. The van der Waals surface area contributed by atoms with E-state index < -0.39 is 7.05 Å². The smallest absolute Gasteiger partial charge is 0.0279 e. The molecule has 2 heteroatoms. The number of nitrogens with one attached hydrogen (secondary N) is 1. The van der Waals surface area contributed by atoms with Crippen molar-refractivity contribution in [3.63, 3.8) is 0 Å². The van der Waals surface area contributed by atoms with Crippen LogP contribution in [0.4, 0.5) is 0 Å². The molecule has 0 aliphatic heterocycles. The van der Waals surface area contributed by atoms with E-state index in [1.165, 1.54) is 11.1 Å². The Labute approximate surface area is 132 Å². The third-order valence-corrected chi connectivity index (χ3v) is 7.24. The van der Waals surface area contributed by atoms with E-state index in [4.69, 9.17) is 0 Å². The van der Waals surface area contributed by atoms with Gasteiger partial charge in [-0.05, 0) is 28.7 Å². The first-order chi connectivity index (χ1) is 10.7. The van der Waals surface area contributed by atoms with E-state index in [0.717, 1.165) is 16.8 Å². The van der Waals surface area contributed by atoms with Crippen LogP contribution in [0.25, 0.3) is 0 Å². The van der Waals surface area contributed by atoms with Crippen molar-refractivity contribution >= 4 is 17.7 Å². The van der Waals surface area contributed by atoms with Gasteiger partial charge in [0.25, 0.3) is 0 Å². The molecule has 0 spiro atoms. The second-order valence-electron chi connectivity index (χ2n) is 5.57. The van der Waals surface area contributed by atoms with Gasteiger partial charge >= 0.3 is 0 Å². The molecule has 1 N–H and O–H groups in total. The molecule has 0 aromatic heterocycles. The van der Waals surface area contributed by atoms with Crippen LogP contribution in [0, 0.1) is 12.1 Å². The summed E-state index contributed by atoms with van der Waals surface area (Å²) in [7, 11) is -2.17. The number of benzene rings is 3. The van der Waals surface area contributed by atoms with E-state index in [1.807, 2.05) is 36.4 Å². The standard InChI is InChI=1S/C20H20NP/c1-17-10-8-9-11-18(17)16-22(21,19-12-4-2-5-13-19)20-14-6-3-7-15-20/h2-15,21H,16H2,1H3. The summed E-state index contributed by atoms with van der Waals surface area (Å²) >= 11 is 0. The third kappa shape index (κ3) is 2.91. The zero-order chi connectivity index (χ0) is 15.4. The normalized spacial score (nSPS) is 11.3. The van der Waals surface area contributed by atoms with Crippen LogP contribution >= 0.6 is 7.05 Å². The lowest BCUT2D eigenvalue weighted by atomic mass is 10.1. The highest BCUT2D eigenvalue weighted by Crippen LogP contribution is 2.48. The van der Waals surface area contributed by atoms with E-state index in [9.17, 15) is 5.16 Å². The molecule has 0 radical (unpaired) electrons. The maximum atomic E-state index is 9.35. The summed E-state index contributed by atoms with van der Waals surface area (Å²) in [6.07, 6.45) is 0.785. The van der Waals surface area contributed by atoms with Crippen LogP contribution in [0.1, 0.15) is 11.1 Å². The molecular weight excluding hydrogens is 285 g/mol. The summed E-state index contributed by atoms with van der Waals surface area (Å²) in [4.78, 5) is 0. The molecule has 0 amide bonds. The molecule has 0 aliphatic rings. The highest BCUT2D eigenvalue weighted by atomic mass is 31.2. The first kappa shape index (κ1) is 14.8. The maximum Gasteiger partial charge on any atom is 0.0279 e. The van der Waals surface area contributed by atoms with Crippen molar-refractivity contribution in [2.45, 2.75) is 13.1 Å². The summed E-state index contributed by atoms with van der Waals surface area (Å²) in [6, 6.07) is 29.0. The molecule has 3 rings (SSSR count). The van der Waals surface area contributed by atoms with Gasteiger partial charge in [0.05, 0.1) is 0 Å². The van der Waals surface area contributed by atoms with Gasteiger partial charge in [0.1, 0.15) is 0 Å². The number of hydrogen-bond donors (Lipinski definition) is 1. The monoisotopic (exact) mass is 305 g/mol. The topological polar surface area (TPSA) is 23.9 Å². The predicted molar refractivity (Wildman–Crippen MR) is 96.7 cm³/mol. The van der Waals surface area contributed by atoms with Crippen LogP contribution in [-0.4, -0.2) is 0 Å². The molecule has 0 heterocycles. The van der Waals surface area contributed by atoms with Crippen LogP contribution in [0.3, 0.4) is 0 Å². The highest BCUT2D eigenvalue weighted by Gasteiger charge is 2.23. The lowest BCUT2D eigenvalue weighted by Gasteiger charge is -2.24. The SMILES string of the molecule is Cc1ccccc1CP(=N)(c1ccccc1)c1ccccc1. The minimum Gasteiger partial charge on any atom is -0.309 e. The molecule has 3 aromatic carbocycles. The molecule has 0 atom stereocenters. The summed E-state index contributed by atoms with van der Waals surface area (Å²) in [6.45, 7) is 2.13. The Balaban J connectivity index is 2.13. The fourth-order valence-corrected chi connectivity index (χ4v) is 5.63. The molecule has 0 saturated carbocycles. The average molecular weight is 305 g/mol. The summed E-state index contributed by atoms with van der Waals surface area (Å²) < 4.78 is 0. The van der Waals surface area contributed by atoms with Crippen molar-refractivity contribution in [1.82, 2.24) is 0 Å². The highest BCUT2D eigenvalue weighted by molar-refractivity contribution is 7.79. The van der Waals surface area contributed by atoms with Crippen molar-refractivity contribution in [2.75, 3.05) is 0 Å². The Morgan fingerprint density at radius 1 is 0.682 bits per heavy atom. The second kappa shape index (κ2) is 6.34. The van der Waals surface area contributed by atoms with Crippen molar-refractivity contribution in [1.29, 1.82) is 5.16 Å². The summed E-state index contributed by atoms with van der Waals surface area (Å²) in [5, 5.41) is 11.6. The van der Waals surface area contributed by atoms with Crippen molar-refractivity contribution < 1.29 is 0 Å². The summed E-state index contributed by atoms with van der Waals surface area (Å²) in [5.41, 5.74) is 2.55. The quantitative estimate of drug-likeness (QED) is 0.661. The van der Waals surface area contributed by atoms with E-state index in [-0.39, 0.29) is 0 Å². The lowest BCUT2D eigenvalue weighted by Crippen LogP contribution is -2.17. The van der Waals surface area contributed by atoms with Gasteiger partial charge in [0.15, 0.2) is 0 Å². The van der Waals surface area contributed by atoms with Gasteiger partial charge in [-0.3, -0.25) is 0 Å². The first-order valence-corrected chi connectivity index (χ1v) is 9.46. The predicted octanol–water partition coefficient (Wildman–Crippen LogP) is 4.93. The van der Waals surface area contributed by atoms with Crippen molar-refractivity contribution in [3.8, 4) is 0 Å². The maximum absolute atomic E-state index is 9.35. The van der Waals surface area contributed by atoms with Gasteiger partial charge in [-0.1, -0.05) is 84.9 Å². The van der Waals surface area contributed by atoms with E-state index >= 15 is 0 Å². The molecule has 110 valence electrons. The van der Waals surface area contributed by atoms with Crippen LogP contribution in [0.2, 0.25) is 0 Å². The van der Waals surface area contributed by atoms with Crippen LogP contribution < -0.4 is 10.6 Å². The Morgan fingerprint density at radius 2 is 1.14 bits per heavy atom. The molecule has 0 bridgehead atoms. The average Bonchev–Trinajstić information content (AvgIpc) is 2.58. The van der Waals surface area contributed by atoms with Crippen molar-refractivity contribution in [3.05, 3.63) is 96.1 Å². The van der Waals surface area contributed by atoms with Gasteiger partial charge in [0.2, 0.25) is 0 Å². The van der Waals surface area contributed by atoms with Crippen LogP contribution in [0.15, 0.2) is 84.9 Å². The van der Waals surface area contributed by atoms with Gasteiger partial charge < -0.3 is 5.16 Å². The van der Waals surface area contributed by atoms with Crippen molar-refractivity contribution in [2.24, 2.45) is 0 Å². The molecule has 0 aliphatic carbocycles.